The Balaban J connectivity index is 1.62. The van der Waals surface area contributed by atoms with Crippen molar-refractivity contribution in [3.63, 3.8) is 0 Å². The molecule has 2 amide bonds. The van der Waals surface area contributed by atoms with Crippen molar-refractivity contribution in [3.8, 4) is 0 Å². The zero-order valence-corrected chi connectivity index (χ0v) is 17.6. The second-order valence-corrected chi connectivity index (χ2v) is 8.07. The average molecular weight is 415 g/mol. The van der Waals surface area contributed by atoms with Crippen LogP contribution in [0.25, 0.3) is 11.0 Å². The van der Waals surface area contributed by atoms with Crippen LogP contribution in [0.3, 0.4) is 0 Å². The van der Waals surface area contributed by atoms with Crippen LogP contribution in [0.15, 0.2) is 12.1 Å². The van der Waals surface area contributed by atoms with Gasteiger partial charge in [-0.15, -0.1) is 0 Å². The van der Waals surface area contributed by atoms with Gasteiger partial charge in [0.2, 0.25) is 6.41 Å². The number of rotatable bonds is 9. The average Bonchev–Trinajstić information content (AvgIpc) is 3.53. The van der Waals surface area contributed by atoms with Gasteiger partial charge in [0, 0.05) is 43.3 Å². The summed E-state index contributed by atoms with van der Waals surface area (Å²) in [6, 6.07) is 4.10. The van der Waals surface area contributed by atoms with Crippen molar-refractivity contribution >= 4 is 23.4 Å². The SMILES string of the molecule is Cc1ccc2c(C(C)N(C(=O)C3CNCCO3)C3CC3)nn(CCCNC=O)c2n1. The molecule has 2 atom stereocenters. The van der Waals surface area contributed by atoms with Gasteiger partial charge in [0.1, 0.15) is 6.10 Å². The summed E-state index contributed by atoms with van der Waals surface area (Å²) >= 11 is 0. The lowest BCUT2D eigenvalue weighted by Crippen LogP contribution is -2.50. The van der Waals surface area contributed by atoms with E-state index in [1.807, 2.05) is 35.6 Å². The summed E-state index contributed by atoms with van der Waals surface area (Å²) in [5.74, 6) is 0.0372. The van der Waals surface area contributed by atoms with Crippen molar-refractivity contribution in [3.05, 3.63) is 23.5 Å². The van der Waals surface area contributed by atoms with E-state index < -0.39 is 6.10 Å². The van der Waals surface area contributed by atoms with Crippen LogP contribution in [0.2, 0.25) is 0 Å². The molecule has 1 saturated carbocycles. The normalized spacial score (nSPS) is 20.1. The van der Waals surface area contributed by atoms with E-state index in [0.29, 0.717) is 32.7 Å². The van der Waals surface area contributed by atoms with E-state index in [-0.39, 0.29) is 18.0 Å². The van der Waals surface area contributed by atoms with Gasteiger partial charge in [-0.1, -0.05) is 0 Å². The number of carbonyl (C=O) groups is 2. The predicted molar refractivity (Wildman–Crippen MR) is 112 cm³/mol. The molecule has 1 saturated heterocycles. The fraction of sp³-hybridized carbons (Fsp3) is 0.619. The third-order valence-corrected chi connectivity index (χ3v) is 5.75. The van der Waals surface area contributed by atoms with Crippen molar-refractivity contribution in [1.29, 1.82) is 0 Å². The Bertz CT molecular complexity index is 904. The standard InChI is InChI=1S/C21H30N6O3/c1-14-4-7-17-19(25-26(20(17)24-14)10-3-8-23-13-28)15(2)27(16-5-6-16)21(29)18-12-22-9-11-30-18/h4,7,13,15-16,18,22H,3,5-6,8-12H2,1-2H3,(H,23,28). The zero-order chi connectivity index (χ0) is 21.1. The quantitative estimate of drug-likeness (QED) is 0.467. The number of aromatic nitrogens is 3. The predicted octanol–water partition coefficient (Wildman–Crippen LogP) is 0.916. The molecule has 1 aliphatic heterocycles. The lowest BCUT2D eigenvalue weighted by Gasteiger charge is -2.33. The number of carbonyl (C=O) groups excluding carboxylic acids is 2. The molecule has 9 heteroatoms. The molecule has 2 aliphatic rings. The Labute approximate surface area is 176 Å². The molecule has 2 aromatic rings. The number of fused-ring (bicyclic) bond motifs is 1. The highest BCUT2D eigenvalue weighted by Gasteiger charge is 2.41. The van der Waals surface area contributed by atoms with Crippen molar-refractivity contribution in [2.75, 3.05) is 26.2 Å². The number of pyridine rings is 1. The number of ether oxygens (including phenoxy) is 1. The Morgan fingerprint density at radius 3 is 3.00 bits per heavy atom. The largest absolute Gasteiger partial charge is 0.366 e. The van der Waals surface area contributed by atoms with Crippen molar-refractivity contribution in [2.24, 2.45) is 0 Å². The van der Waals surface area contributed by atoms with E-state index in [1.165, 1.54) is 0 Å². The van der Waals surface area contributed by atoms with E-state index in [0.717, 1.165) is 48.2 Å². The first kappa shape index (κ1) is 20.7. The van der Waals surface area contributed by atoms with Crippen LogP contribution in [0, 0.1) is 6.92 Å². The van der Waals surface area contributed by atoms with Gasteiger partial charge >= 0.3 is 0 Å². The second-order valence-electron chi connectivity index (χ2n) is 8.07. The van der Waals surface area contributed by atoms with Crippen molar-refractivity contribution in [2.45, 2.75) is 57.8 Å². The molecule has 4 rings (SSSR count). The molecule has 30 heavy (non-hydrogen) atoms. The molecule has 0 aromatic carbocycles. The van der Waals surface area contributed by atoms with Gasteiger partial charge in [-0.3, -0.25) is 9.59 Å². The van der Waals surface area contributed by atoms with Crippen LogP contribution in [0.4, 0.5) is 0 Å². The molecule has 0 bridgehead atoms. The number of amides is 2. The van der Waals surface area contributed by atoms with Gasteiger partial charge in [-0.25, -0.2) is 9.67 Å². The Kier molecular flexibility index (Phi) is 6.29. The van der Waals surface area contributed by atoms with Gasteiger partial charge in [0.15, 0.2) is 5.65 Å². The van der Waals surface area contributed by atoms with Gasteiger partial charge in [-0.2, -0.15) is 5.10 Å². The van der Waals surface area contributed by atoms with E-state index in [1.54, 1.807) is 0 Å². The maximum absolute atomic E-state index is 13.3. The highest BCUT2D eigenvalue weighted by molar-refractivity contribution is 5.84. The van der Waals surface area contributed by atoms with Crippen LogP contribution in [-0.4, -0.2) is 70.4 Å². The number of aryl methyl sites for hydroxylation is 2. The molecule has 9 nitrogen and oxygen atoms in total. The molecule has 0 spiro atoms. The Hall–Kier alpha value is -2.52. The van der Waals surface area contributed by atoms with E-state index in [2.05, 4.69) is 10.6 Å². The molecule has 0 radical (unpaired) electrons. The summed E-state index contributed by atoms with van der Waals surface area (Å²) in [6.45, 7) is 7.12. The molecule has 2 aromatic heterocycles. The third-order valence-electron chi connectivity index (χ3n) is 5.75. The Morgan fingerprint density at radius 2 is 2.30 bits per heavy atom. The minimum Gasteiger partial charge on any atom is -0.366 e. The third kappa shape index (κ3) is 4.32. The summed E-state index contributed by atoms with van der Waals surface area (Å²) in [6.07, 6.45) is 3.06. The highest BCUT2D eigenvalue weighted by Crippen LogP contribution is 2.37. The minimum atomic E-state index is -0.440. The maximum atomic E-state index is 13.3. The first-order chi connectivity index (χ1) is 14.6. The summed E-state index contributed by atoms with van der Waals surface area (Å²) in [7, 11) is 0. The fourth-order valence-corrected chi connectivity index (χ4v) is 4.09. The van der Waals surface area contributed by atoms with Gasteiger partial charge in [0.05, 0.1) is 18.3 Å². The van der Waals surface area contributed by atoms with Crippen molar-refractivity contribution < 1.29 is 14.3 Å². The van der Waals surface area contributed by atoms with Gasteiger partial charge in [-0.05, 0) is 45.2 Å². The van der Waals surface area contributed by atoms with Crippen LogP contribution >= 0.6 is 0 Å². The number of hydrogen-bond donors (Lipinski definition) is 2. The molecule has 3 heterocycles. The molecule has 1 aliphatic carbocycles. The number of nitrogens with zero attached hydrogens (tertiary/aromatic N) is 4. The number of hydrogen-bond acceptors (Lipinski definition) is 6. The molecule has 2 unspecified atom stereocenters. The molecular weight excluding hydrogens is 384 g/mol. The summed E-state index contributed by atoms with van der Waals surface area (Å²) in [4.78, 5) is 30.5. The van der Waals surface area contributed by atoms with E-state index >= 15 is 0 Å². The summed E-state index contributed by atoms with van der Waals surface area (Å²) < 4.78 is 7.64. The summed E-state index contributed by atoms with van der Waals surface area (Å²) in [5, 5.41) is 11.8. The zero-order valence-electron chi connectivity index (χ0n) is 17.6. The number of morpholine rings is 1. The first-order valence-corrected chi connectivity index (χ1v) is 10.8. The Morgan fingerprint density at radius 1 is 1.47 bits per heavy atom. The van der Waals surface area contributed by atoms with Gasteiger partial charge in [0.25, 0.3) is 5.91 Å². The van der Waals surface area contributed by atoms with Crippen molar-refractivity contribution in [1.82, 2.24) is 30.3 Å². The van der Waals surface area contributed by atoms with E-state index in [4.69, 9.17) is 14.8 Å². The highest BCUT2D eigenvalue weighted by atomic mass is 16.5. The second kappa shape index (κ2) is 9.09. The fourth-order valence-electron chi connectivity index (χ4n) is 4.09. The van der Waals surface area contributed by atoms with Crippen LogP contribution in [0.5, 0.6) is 0 Å². The molecule has 2 N–H and O–H groups in total. The molecule has 2 fully saturated rings. The first-order valence-electron chi connectivity index (χ1n) is 10.8. The van der Waals surface area contributed by atoms with Crippen LogP contribution < -0.4 is 10.6 Å². The van der Waals surface area contributed by atoms with Gasteiger partial charge < -0.3 is 20.3 Å². The van der Waals surface area contributed by atoms with E-state index in [9.17, 15) is 9.59 Å². The molecular formula is C21H30N6O3. The van der Waals surface area contributed by atoms with Crippen LogP contribution in [0.1, 0.15) is 43.6 Å². The monoisotopic (exact) mass is 414 g/mol. The minimum absolute atomic E-state index is 0.0372. The lowest BCUT2D eigenvalue weighted by molar-refractivity contribution is -0.148. The lowest BCUT2D eigenvalue weighted by atomic mass is 10.1. The molecule has 162 valence electrons. The number of nitrogens with one attached hydrogen (secondary N) is 2. The van der Waals surface area contributed by atoms with Crippen LogP contribution in [-0.2, 0) is 20.9 Å². The maximum Gasteiger partial charge on any atom is 0.253 e. The topological polar surface area (TPSA) is 101 Å². The summed E-state index contributed by atoms with van der Waals surface area (Å²) in [5.41, 5.74) is 2.61. The smallest absolute Gasteiger partial charge is 0.253 e.